The number of benzene rings is 2. The molecule has 3 aromatic rings. The molecule has 4 rings (SSSR count). The van der Waals surface area contributed by atoms with Crippen LogP contribution in [-0.2, 0) is 6.18 Å². The van der Waals surface area contributed by atoms with Crippen molar-refractivity contribution < 1.29 is 17.9 Å². The summed E-state index contributed by atoms with van der Waals surface area (Å²) in [6.45, 7) is 1.58. The second kappa shape index (κ2) is 6.79. The van der Waals surface area contributed by atoms with Gasteiger partial charge in [0, 0.05) is 25.9 Å². The zero-order valence-electron chi connectivity index (χ0n) is 13.9. The number of aromatic nitrogens is 1. The third-order valence-electron chi connectivity index (χ3n) is 4.59. The monoisotopic (exact) mass is 378 g/mol. The van der Waals surface area contributed by atoms with Gasteiger partial charge in [0.05, 0.1) is 21.5 Å². The molecule has 1 fully saturated rings. The number of hydrogen-bond donors (Lipinski definition) is 0. The highest BCUT2D eigenvalue weighted by Crippen LogP contribution is 2.33. The van der Waals surface area contributed by atoms with Crippen molar-refractivity contribution >= 4 is 27.2 Å². The first kappa shape index (κ1) is 17.1. The number of ether oxygens (including phenoxy) is 1. The lowest BCUT2D eigenvalue weighted by Gasteiger charge is -2.34. The summed E-state index contributed by atoms with van der Waals surface area (Å²) >= 11 is 1.62. The molecule has 3 nitrogen and oxygen atoms in total. The van der Waals surface area contributed by atoms with Gasteiger partial charge in [0.15, 0.2) is 0 Å². The smallest absolute Gasteiger partial charge is 0.416 e. The van der Waals surface area contributed by atoms with Crippen LogP contribution in [0.25, 0.3) is 10.2 Å². The molecule has 0 aliphatic carbocycles. The number of fused-ring (bicyclic) bond motifs is 1. The maximum absolute atomic E-state index is 12.8. The third-order valence-corrected chi connectivity index (χ3v) is 5.38. The lowest BCUT2D eigenvalue weighted by Crippen LogP contribution is -2.38. The summed E-state index contributed by atoms with van der Waals surface area (Å²) in [7, 11) is 0. The number of rotatable bonds is 3. The molecule has 1 aromatic heterocycles. The van der Waals surface area contributed by atoms with E-state index < -0.39 is 11.7 Å². The first-order valence-corrected chi connectivity index (χ1v) is 9.30. The third kappa shape index (κ3) is 3.49. The van der Waals surface area contributed by atoms with Crippen molar-refractivity contribution in [3.05, 3.63) is 53.5 Å². The average Bonchev–Trinajstić information content (AvgIpc) is 3.11. The molecule has 0 bridgehead atoms. The minimum Gasteiger partial charge on any atom is -0.490 e. The number of hydrogen-bond acceptors (Lipinski definition) is 4. The number of piperidine rings is 1. The van der Waals surface area contributed by atoms with Crippen LogP contribution >= 0.6 is 11.3 Å². The molecular formula is C19H17F3N2OS. The number of nitrogens with zero attached hydrogens (tertiary/aromatic N) is 2. The Bertz CT molecular complexity index is 901. The van der Waals surface area contributed by atoms with E-state index in [4.69, 9.17) is 4.74 Å². The molecule has 7 heteroatoms. The summed E-state index contributed by atoms with van der Waals surface area (Å²) in [5, 5.41) is 0. The number of halogens is 3. The Kier molecular flexibility index (Phi) is 4.48. The van der Waals surface area contributed by atoms with E-state index in [-0.39, 0.29) is 11.9 Å². The Morgan fingerprint density at radius 1 is 1.08 bits per heavy atom. The highest BCUT2D eigenvalue weighted by Gasteiger charge is 2.31. The van der Waals surface area contributed by atoms with Gasteiger partial charge in [0.25, 0.3) is 0 Å². The molecule has 0 amide bonds. The molecule has 1 saturated heterocycles. The van der Waals surface area contributed by atoms with Gasteiger partial charge in [0.2, 0.25) is 0 Å². The van der Waals surface area contributed by atoms with Crippen molar-refractivity contribution in [3.8, 4) is 5.75 Å². The largest absolute Gasteiger partial charge is 0.490 e. The Labute approximate surface area is 153 Å². The number of thiazole rings is 1. The van der Waals surface area contributed by atoms with Crippen molar-refractivity contribution in [2.24, 2.45) is 0 Å². The quantitative estimate of drug-likeness (QED) is 0.613. The summed E-state index contributed by atoms with van der Waals surface area (Å²) in [6.07, 6.45) is -2.91. The van der Waals surface area contributed by atoms with E-state index in [0.717, 1.165) is 54.0 Å². The van der Waals surface area contributed by atoms with E-state index in [1.807, 2.05) is 11.6 Å². The van der Waals surface area contributed by atoms with Crippen LogP contribution in [0, 0.1) is 0 Å². The van der Waals surface area contributed by atoms with Crippen LogP contribution < -0.4 is 9.64 Å². The number of para-hydroxylation sites is 1. The highest BCUT2D eigenvalue weighted by atomic mass is 32.1. The molecular weight excluding hydrogens is 361 g/mol. The lowest BCUT2D eigenvalue weighted by atomic mass is 10.1. The summed E-state index contributed by atoms with van der Waals surface area (Å²) in [4.78, 5) is 6.72. The van der Waals surface area contributed by atoms with Gasteiger partial charge < -0.3 is 9.64 Å². The second-order valence-electron chi connectivity index (χ2n) is 6.31. The predicted molar refractivity (Wildman–Crippen MR) is 96.9 cm³/mol. The maximum Gasteiger partial charge on any atom is 0.416 e. The SMILES string of the molecule is FC(F)(F)c1cccc(OC2CCN(c3cccc4scnc34)CC2)c1. The minimum absolute atomic E-state index is 0.0793. The van der Waals surface area contributed by atoms with Crippen molar-refractivity contribution in [2.45, 2.75) is 25.1 Å². The second-order valence-corrected chi connectivity index (χ2v) is 7.19. The van der Waals surface area contributed by atoms with E-state index in [0.29, 0.717) is 0 Å². The number of alkyl halides is 3. The van der Waals surface area contributed by atoms with Crippen molar-refractivity contribution in [3.63, 3.8) is 0 Å². The lowest BCUT2D eigenvalue weighted by molar-refractivity contribution is -0.137. The van der Waals surface area contributed by atoms with E-state index in [1.165, 1.54) is 6.07 Å². The molecule has 136 valence electrons. The van der Waals surface area contributed by atoms with Crippen molar-refractivity contribution in [2.75, 3.05) is 18.0 Å². The Balaban J connectivity index is 1.42. The fourth-order valence-corrected chi connectivity index (χ4v) is 3.98. The van der Waals surface area contributed by atoms with E-state index in [2.05, 4.69) is 22.0 Å². The fraction of sp³-hybridized carbons (Fsp3) is 0.316. The molecule has 26 heavy (non-hydrogen) atoms. The molecule has 2 heterocycles. The first-order chi connectivity index (χ1) is 12.5. The van der Waals surface area contributed by atoms with Gasteiger partial charge >= 0.3 is 6.18 Å². The fourth-order valence-electron chi connectivity index (χ4n) is 3.28. The van der Waals surface area contributed by atoms with Gasteiger partial charge in [-0.25, -0.2) is 4.98 Å². The van der Waals surface area contributed by atoms with E-state index >= 15 is 0 Å². The topological polar surface area (TPSA) is 25.4 Å². The molecule has 0 N–H and O–H groups in total. The van der Waals surface area contributed by atoms with Crippen LogP contribution in [0.3, 0.4) is 0 Å². The average molecular weight is 378 g/mol. The molecule has 0 spiro atoms. The predicted octanol–water partition coefficient (Wildman–Crippen LogP) is 5.36. The highest BCUT2D eigenvalue weighted by molar-refractivity contribution is 7.16. The summed E-state index contributed by atoms with van der Waals surface area (Å²) in [5.41, 5.74) is 3.29. The van der Waals surface area contributed by atoms with Crippen molar-refractivity contribution in [1.29, 1.82) is 0 Å². The Morgan fingerprint density at radius 3 is 2.62 bits per heavy atom. The Morgan fingerprint density at radius 2 is 1.85 bits per heavy atom. The first-order valence-electron chi connectivity index (χ1n) is 8.42. The minimum atomic E-state index is -4.35. The van der Waals surface area contributed by atoms with Crippen LogP contribution in [-0.4, -0.2) is 24.2 Å². The number of anilines is 1. The molecule has 1 aliphatic heterocycles. The van der Waals surface area contributed by atoms with E-state index in [9.17, 15) is 13.2 Å². The van der Waals surface area contributed by atoms with Gasteiger partial charge in [-0.1, -0.05) is 12.1 Å². The normalized spacial score (nSPS) is 16.2. The van der Waals surface area contributed by atoms with Gasteiger partial charge in [0.1, 0.15) is 17.4 Å². The Hall–Kier alpha value is -2.28. The van der Waals surface area contributed by atoms with Crippen LogP contribution in [0.15, 0.2) is 48.0 Å². The van der Waals surface area contributed by atoms with Crippen LogP contribution in [0.5, 0.6) is 5.75 Å². The zero-order valence-corrected chi connectivity index (χ0v) is 14.7. The molecule has 1 aliphatic rings. The molecule has 0 unspecified atom stereocenters. The van der Waals surface area contributed by atoms with Crippen LogP contribution in [0.2, 0.25) is 0 Å². The molecule has 2 aromatic carbocycles. The summed E-state index contributed by atoms with van der Waals surface area (Å²) < 4.78 is 45.4. The molecule has 0 atom stereocenters. The van der Waals surface area contributed by atoms with Crippen LogP contribution in [0.4, 0.5) is 18.9 Å². The zero-order chi connectivity index (χ0) is 18.1. The standard InChI is InChI=1S/C19H17F3N2OS/c20-19(21,22)13-3-1-4-15(11-13)25-14-7-9-24(10-8-14)16-5-2-6-17-18(16)23-12-26-17/h1-6,11-12,14H,7-10H2. The molecule has 0 saturated carbocycles. The summed E-state index contributed by atoms with van der Waals surface area (Å²) in [6, 6.07) is 11.2. The molecule has 0 radical (unpaired) electrons. The van der Waals surface area contributed by atoms with Crippen LogP contribution in [0.1, 0.15) is 18.4 Å². The maximum atomic E-state index is 12.8. The van der Waals surface area contributed by atoms with Crippen molar-refractivity contribution in [1.82, 2.24) is 4.98 Å². The van der Waals surface area contributed by atoms with Gasteiger partial charge in [-0.05, 0) is 30.3 Å². The van der Waals surface area contributed by atoms with Gasteiger partial charge in [-0.15, -0.1) is 11.3 Å². The van der Waals surface area contributed by atoms with Gasteiger partial charge in [-0.2, -0.15) is 13.2 Å². The van der Waals surface area contributed by atoms with Gasteiger partial charge in [-0.3, -0.25) is 0 Å². The summed E-state index contributed by atoms with van der Waals surface area (Å²) in [5.74, 6) is 0.278. The van der Waals surface area contributed by atoms with E-state index in [1.54, 1.807) is 17.4 Å².